The number of carboxylic acids is 1. The maximum Gasteiger partial charge on any atom is 0.329 e. The molecule has 0 aromatic heterocycles. The van der Waals surface area contributed by atoms with E-state index in [1.54, 1.807) is 26.0 Å². The molecule has 0 amide bonds. The van der Waals surface area contributed by atoms with Crippen LogP contribution in [0.15, 0.2) is 51.8 Å². The van der Waals surface area contributed by atoms with E-state index in [2.05, 4.69) is 15.9 Å². The first kappa shape index (κ1) is 22.8. The molecule has 0 aliphatic rings. The molecule has 0 spiro atoms. The number of halogens is 2. The van der Waals surface area contributed by atoms with Crippen LogP contribution in [-0.4, -0.2) is 43.6 Å². The highest BCUT2D eigenvalue weighted by Gasteiger charge is 2.31. The van der Waals surface area contributed by atoms with E-state index < -0.39 is 28.6 Å². The summed E-state index contributed by atoms with van der Waals surface area (Å²) >= 11 is 9.52. The summed E-state index contributed by atoms with van der Waals surface area (Å²) in [5, 5.41) is 9.08. The number of sulfonamides is 1. The third-order valence-corrected chi connectivity index (χ3v) is 7.27. The number of hydrogen-bond donors (Lipinski definition) is 1. The van der Waals surface area contributed by atoms with Crippen LogP contribution in [0.4, 0.5) is 0 Å². The summed E-state index contributed by atoms with van der Waals surface area (Å²) in [6.45, 7) is 2.88. The molecule has 152 valence electrons. The lowest BCUT2D eigenvalue weighted by molar-refractivity contribution is -0.142. The fourth-order valence-corrected chi connectivity index (χ4v) is 5.26. The van der Waals surface area contributed by atoms with E-state index in [0.29, 0.717) is 10.6 Å². The lowest BCUT2D eigenvalue weighted by Gasteiger charge is -2.29. The first-order valence-corrected chi connectivity index (χ1v) is 11.1. The third kappa shape index (κ3) is 5.55. The van der Waals surface area contributed by atoms with Gasteiger partial charge in [0.05, 0.1) is 11.5 Å². The van der Waals surface area contributed by atoms with Crippen LogP contribution in [-0.2, 0) is 19.6 Å². The largest absolute Gasteiger partial charge is 0.480 e. The maximum atomic E-state index is 13.4. The van der Waals surface area contributed by atoms with E-state index in [-0.39, 0.29) is 18.0 Å². The summed E-state index contributed by atoms with van der Waals surface area (Å²) in [4.78, 5) is 10.8. The number of carboxylic acid groups (broad SMARTS) is 1. The molecule has 0 saturated heterocycles. The summed E-state index contributed by atoms with van der Waals surface area (Å²) in [7, 11) is -3.91. The predicted octanol–water partition coefficient (Wildman–Crippen LogP) is 4.26. The molecular formula is C19H21BrClNO5S. The Morgan fingerprint density at radius 2 is 1.96 bits per heavy atom. The Morgan fingerprint density at radius 3 is 2.61 bits per heavy atom. The first-order valence-electron chi connectivity index (χ1n) is 8.46. The van der Waals surface area contributed by atoms with Gasteiger partial charge in [0.1, 0.15) is 6.61 Å². The summed E-state index contributed by atoms with van der Waals surface area (Å²) in [6, 6.07) is 11.6. The van der Waals surface area contributed by atoms with Crippen molar-refractivity contribution >= 4 is 43.5 Å². The van der Waals surface area contributed by atoms with Gasteiger partial charge in [0, 0.05) is 22.1 Å². The van der Waals surface area contributed by atoms with Gasteiger partial charge >= 0.3 is 5.97 Å². The van der Waals surface area contributed by atoms with Gasteiger partial charge < -0.3 is 9.84 Å². The van der Waals surface area contributed by atoms with Crippen LogP contribution in [0.5, 0.6) is 0 Å². The van der Waals surface area contributed by atoms with Crippen molar-refractivity contribution in [3.63, 3.8) is 0 Å². The standard InChI is InChI=1S/C19H21BrClNO5S/c1-13-17(21)7-4-8-18(13)28(25,26)22(9-10-27-12-19(23)24)14(2)15-5-3-6-16(20)11-15/h3-8,11,14H,9-10,12H2,1-2H3,(H,23,24). The zero-order valence-corrected chi connectivity index (χ0v) is 18.6. The molecular weight excluding hydrogens is 470 g/mol. The van der Waals surface area contributed by atoms with Crippen molar-refractivity contribution in [3.8, 4) is 0 Å². The lowest BCUT2D eigenvalue weighted by atomic mass is 10.1. The Kier molecular flexibility index (Phi) is 8.03. The van der Waals surface area contributed by atoms with Gasteiger partial charge in [-0.05, 0) is 49.2 Å². The topological polar surface area (TPSA) is 83.9 Å². The minimum absolute atomic E-state index is 0.00472. The number of hydrogen-bond acceptors (Lipinski definition) is 4. The molecule has 0 aliphatic carbocycles. The fourth-order valence-electron chi connectivity index (χ4n) is 2.76. The second-order valence-corrected chi connectivity index (χ2v) is 9.34. The van der Waals surface area contributed by atoms with Gasteiger partial charge in [0.25, 0.3) is 0 Å². The smallest absolute Gasteiger partial charge is 0.329 e. The monoisotopic (exact) mass is 489 g/mol. The molecule has 1 atom stereocenters. The minimum atomic E-state index is -3.91. The molecule has 2 aromatic carbocycles. The fraction of sp³-hybridized carbons (Fsp3) is 0.316. The van der Waals surface area contributed by atoms with E-state index in [1.807, 2.05) is 24.3 Å². The number of ether oxygens (including phenoxy) is 1. The number of rotatable bonds is 9. The molecule has 2 aromatic rings. The van der Waals surface area contributed by atoms with E-state index in [1.165, 1.54) is 10.4 Å². The molecule has 0 radical (unpaired) electrons. The van der Waals surface area contributed by atoms with Gasteiger partial charge in [0.15, 0.2) is 0 Å². The van der Waals surface area contributed by atoms with E-state index in [4.69, 9.17) is 21.4 Å². The van der Waals surface area contributed by atoms with Crippen molar-refractivity contribution in [1.29, 1.82) is 0 Å². The molecule has 0 saturated carbocycles. The minimum Gasteiger partial charge on any atom is -0.480 e. The van der Waals surface area contributed by atoms with Crippen LogP contribution < -0.4 is 0 Å². The summed E-state index contributed by atoms with van der Waals surface area (Å²) in [6.07, 6.45) is 0. The lowest BCUT2D eigenvalue weighted by Crippen LogP contribution is -2.37. The molecule has 1 unspecified atom stereocenters. The van der Waals surface area contributed by atoms with Gasteiger partial charge in [-0.25, -0.2) is 13.2 Å². The van der Waals surface area contributed by atoms with Gasteiger partial charge in [-0.1, -0.05) is 45.7 Å². The molecule has 1 N–H and O–H groups in total. The van der Waals surface area contributed by atoms with Crippen molar-refractivity contribution in [2.45, 2.75) is 24.8 Å². The maximum absolute atomic E-state index is 13.4. The zero-order valence-electron chi connectivity index (χ0n) is 15.4. The molecule has 28 heavy (non-hydrogen) atoms. The van der Waals surface area contributed by atoms with Crippen molar-refractivity contribution in [1.82, 2.24) is 4.31 Å². The van der Waals surface area contributed by atoms with Crippen molar-refractivity contribution in [2.75, 3.05) is 19.8 Å². The van der Waals surface area contributed by atoms with E-state index >= 15 is 0 Å². The molecule has 2 rings (SSSR count). The molecule has 0 heterocycles. The Labute approximate surface area is 178 Å². The second kappa shape index (κ2) is 9.84. The molecule has 6 nitrogen and oxygen atoms in total. The Hall–Kier alpha value is -1.45. The normalized spacial score (nSPS) is 12.9. The van der Waals surface area contributed by atoms with Gasteiger partial charge in [-0.15, -0.1) is 0 Å². The SMILES string of the molecule is Cc1c(Cl)cccc1S(=O)(=O)N(CCOCC(=O)O)C(C)c1cccc(Br)c1. The Morgan fingerprint density at radius 1 is 1.29 bits per heavy atom. The van der Waals surface area contributed by atoms with Crippen molar-refractivity contribution in [2.24, 2.45) is 0 Å². The van der Waals surface area contributed by atoms with E-state index in [0.717, 1.165) is 10.0 Å². The van der Waals surface area contributed by atoms with Crippen LogP contribution in [0.2, 0.25) is 5.02 Å². The summed E-state index contributed by atoms with van der Waals surface area (Å²) < 4.78 is 34.0. The second-order valence-electron chi connectivity index (χ2n) is 6.16. The van der Waals surface area contributed by atoms with Gasteiger partial charge in [0.2, 0.25) is 10.0 Å². The molecule has 9 heteroatoms. The van der Waals surface area contributed by atoms with Crippen LogP contribution in [0.3, 0.4) is 0 Å². The van der Waals surface area contributed by atoms with E-state index in [9.17, 15) is 13.2 Å². The van der Waals surface area contributed by atoms with Crippen molar-refractivity contribution in [3.05, 3.63) is 63.1 Å². The number of nitrogens with zero attached hydrogens (tertiary/aromatic N) is 1. The average Bonchev–Trinajstić information content (AvgIpc) is 2.62. The van der Waals surface area contributed by atoms with Crippen LogP contribution in [0, 0.1) is 6.92 Å². The first-order chi connectivity index (χ1) is 13.1. The Balaban J connectivity index is 2.41. The molecule has 0 bridgehead atoms. The highest BCUT2D eigenvalue weighted by atomic mass is 79.9. The van der Waals surface area contributed by atoms with Crippen LogP contribution in [0.1, 0.15) is 24.1 Å². The molecule has 0 aliphatic heterocycles. The molecule has 0 fully saturated rings. The third-order valence-electron chi connectivity index (χ3n) is 4.25. The summed E-state index contributed by atoms with van der Waals surface area (Å²) in [5.41, 5.74) is 1.25. The average molecular weight is 491 g/mol. The van der Waals surface area contributed by atoms with Gasteiger partial charge in [-0.2, -0.15) is 4.31 Å². The number of carbonyl (C=O) groups is 1. The van der Waals surface area contributed by atoms with Crippen LogP contribution in [0.25, 0.3) is 0 Å². The predicted molar refractivity (Wildman–Crippen MR) is 111 cm³/mol. The zero-order chi connectivity index (χ0) is 20.9. The quantitative estimate of drug-likeness (QED) is 0.531. The number of benzene rings is 2. The number of aliphatic carboxylic acids is 1. The highest BCUT2D eigenvalue weighted by molar-refractivity contribution is 9.10. The summed E-state index contributed by atoms with van der Waals surface area (Å²) in [5.74, 6) is -1.11. The van der Waals surface area contributed by atoms with Crippen LogP contribution >= 0.6 is 27.5 Å². The highest BCUT2D eigenvalue weighted by Crippen LogP contribution is 2.31. The van der Waals surface area contributed by atoms with Gasteiger partial charge in [-0.3, -0.25) is 0 Å². The Bertz CT molecular complexity index is 951. The van der Waals surface area contributed by atoms with Crippen molar-refractivity contribution < 1.29 is 23.1 Å².